The van der Waals surface area contributed by atoms with E-state index in [1.54, 1.807) is 40.4 Å². The highest BCUT2D eigenvalue weighted by Crippen LogP contribution is 2.23. The minimum atomic E-state index is -0.547. The Morgan fingerprint density at radius 3 is 2.52 bits per heavy atom. The molecule has 1 aromatic heterocycles. The summed E-state index contributed by atoms with van der Waals surface area (Å²) in [5.74, 6) is -0.146. The number of pyridine rings is 1. The third kappa shape index (κ3) is 4.56. The van der Waals surface area contributed by atoms with Gasteiger partial charge in [0, 0.05) is 44.0 Å². The zero-order chi connectivity index (χ0) is 21.6. The van der Waals surface area contributed by atoms with Gasteiger partial charge in [-0.05, 0) is 41.0 Å². The van der Waals surface area contributed by atoms with Crippen molar-refractivity contribution in [2.24, 2.45) is 0 Å². The molecule has 31 heavy (non-hydrogen) atoms. The van der Waals surface area contributed by atoms with E-state index < -0.39 is 6.04 Å². The maximum atomic E-state index is 13.3. The Bertz CT molecular complexity index is 1070. The fraction of sp³-hybridized carbons (Fsp3) is 0.192. The minimum absolute atomic E-state index is 0.0373. The molecule has 5 heteroatoms. The predicted molar refractivity (Wildman–Crippen MR) is 121 cm³/mol. The fourth-order valence-corrected chi connectivity index (χ4v) is 4.01. The molecule has 0 N–H and O–H groups in total. The van der Waals surface area contributed by atoms with Crippen molar-refractivity contribution in [3.8, 4) is 11.1 Å². The summed E-state index contributed by atoms with van der Waals surface area (Å²) in [7, 11) is 0. The molecule has 0 bridgehead atoms. The largest absolute Gasteiger partial charge is 0.335 e. The van der Waals surface area contributed by atoms with Gasteiger partial charge < -0.3 is 9.80 Å². The summed E-state index contributed by atoms with van der Waals surface area (Å²) >= 11 is 0. The van der Waals surface area contributed by atoms with E-state index in [0.717, 1.165) is 16.7 Å². The van der Waals surface area contributed by atoms with Gasteiger partial charge in [0.1, 0.15) is 6.04 Å². The molecule has 156 valence electrons. The number of piperazine rings is 1. The van der Waals surface area contributed by atoms with Crippen molar-refractivity contribution in [3.63, 3.8) is 0 Å². The first-order chi connectivity index (χ1) is 15.2. The van der Waals surface area contributed by atoms with Crippen molar-refractivity contribution in [3.05, 3.63) is 103 Å². The number of carbonyl (C=O) groups excluding carboxylic acids is 2. The van der Waals surface area contributed by atoms with Crippen LogP contribution in [0.4, 0.5) is 0 Å². The minimum Gasteiger partial charge on any atom is -0.335 e. The molecule has 1 atom stereocenters. The van der Waals surface area contributed by atoms with Gasteiger partial charge in [0.25, 0.3) is 5.91 Å². The summed E-state index contributed by atoms with van der Waals surface area (Å²) in [5, 5.41) is 0. The molecule has 1 aliphatic rings. The molecule has 1 saturated heterocycles. The van der Waals surface area contributed by atoms with Crippen LogP contribution < -0.4 is 0 Å². The molecule has 2 amide bonds. The van der Waals surface area contributed by atoms with Crippen LogP contribution >= 0.6 is 0 Å². The van der Waals surface area contributed by atoms with Crippen molar-refractivity contribution >= 4 is 11.8 Å². The maximum absolute atomic E-state index is 13.3. The average molecular weight is 412 g/mol. The Labute approximate surface area is 182 Å². The van der Waals surface area contributed by atoms with Gasteiger partial charge in [-0.3, -0.25) is 14.6 Å². The van der Waals surface area contributed by atoms with Gasteiger partial charge in [-0.25, -0.2) is 0 Å². The summed E-state index contributed by atoms with van der Waals surface area (Å²) in [6, 6.07) is 20.7. The summed E-state index contributed by atoms with van der Waals surface area (Å²) in [5.41, 5.74) is 3.74. The molecule has 5 nitrogen and oxygen atoms in total. The van der Waals surface area contributed by atoms with Crippen LogP contribution in [0.1, 0.15) is 15.9 Å². The molecule has 2 aromatic carbocycles. The number of benzene rings is 2. The molecule has 0 aliphatic carbocycles. The molecule has 3 aromatic rings. The lowest BCUT2D eigenvalue weighted by atomic mass is 9.97. The van der Waals surface area contributed by atoms with Gasteiger partial charge in [-0.2, -0.15) is 0 Å². The Kier molecular flexibility index (Phi) is 6.22. The third-order valence-electron chi connectivity index (χ3n) is 5.58. The van der Waals surface area contributed by atoms with Gasteiger partial charge in [-0.15, -0.1) is 6.58 Å². The van der Waals surface area contributed by atoms with Crippen LogP contribution in [0.3, 0.4) is 0 Å². The monoisotopic (exact) mass is 411 g/mol. The molecular formula is C26H25N3O2. The zero-order valence-electron chi connectivity index (χ0n) is 17.4. The summed E-state index contributed by atoms with van der Waals surface area (Å²) in [4.78, 5) is 34.1. The molecule has 0 unspecified atom stereocenters. The summed E-state index contributed by atoms with van der Waals surface area (Å²) in [6.45, 7) is 5.26. The highest BCUT2D eigenvalue weighted by molar-refractivity contribution is 5.98. The van der Waals surface area contributed by atoms with Gasteiger partial charge in [0.2, 0.25) is 5.91 Å². The Hall–Kier alpha value is -3.73. The lowest BCUT2D eigenvalue weighted by Crippen LogP contribution is -2.59. The first kappa shape index (κ1) is 20.5. The van der Waals surface area contributed by atoms with Crippen molar-refractivity contribution in [2.75, 3.05) is 19.6 Å². The number of rotatable bonds is 6. The first-order valence-corrected chi connectivity index (χ1v) is 10.4. The second-order valence-corrected chi connectivity index (χ2v) is 7.59. The van der Waals surface area contributed by atoms with Crippen LogP contribution in [-0.4, -0.2) is 52.3 Å². The van der Waals surface area contributed by atoms with Crippen LogP contribution in [0.2, 0.25) is 0 Å². The third-order valence-corrected chi connectivity index (χ3v) is 5.58. The van der Waals surface area contributed by atoms with Gasteiger partial charge >= 0.3 is 0 Å². The number of amides is 2. The molecule has 1 fully saturated rings. The fourth-order valence-electron chi connectivity index (χ4n) is 4.01. The molecular weight excluding hydrogens is 386 g/mol. The van der Waals surface area contributed by atoms with Gasteiger partial charge in [0.05, 0.1) is 0 Å². The van der Waals surface area contributed by atoms with Crippen molar-refractivity contribution < 1.29 is 9.59 Å². The quantitative estimate of drug-likeness (QED) is 0.580. The molecule has 2 heterocycles. The van der Waals surface area contributed by atoms with E-state index in [1.165, 1.54) is 0 Å². The SMILES string of the molecule is C=CCN1CCN(C(=O)c2ccccc2)[C@@H](Cc2cccc(-c3ccncc3)c2)C1=O. The molecule has 1 aliphatic heterocycles. The maximum Gasteiger partial charge on any atom is 0.254 e. The van der Waals surface area contributed by atoms with Crippen LogP contribution in [-0.2, 0) is 11.2 Å². The van der Waals surface area contributed by atoms with Gasteiger partial charge in [-0.1, -0.05) is 48.5 Å². The van der Waals surface area contributed by atoms with Crippen LogP contribution in [0.15, 0.2) is 91.8 Å². The van der Waals surface area contributed by atoms with Crippen molar-refractivity contribution in [1.29, 1.82) is 0 Å². The highest BCUT2D eigenvalue weighted by Gasteiger charge is 2.37. The second kappa shape index (κ2) is 9.39. The number of hydrogen-bond acceptors (Lipinski definition) is 3. The smallest absolute Gasteiger partial charge is 0.254 e. The molecule has 0 saturated carbocycles. The number of nitrogens with zero attached hydrogens (tertiary/aromatic N) is 3. The second-order valence-electron chi connectivity index (χ2n) is 7.59. The number of carbonyl (C=O) groups is 2. The van der Waals surface area contributed by atoms with E-state index in [1.807, 2.05) is 48.5 Å². The zero-order valence-corrected chi connectivity index (χ0v) is 17.4. The topological polar surface area (TPSA) is 53.5 Å². The normalized spacial score (nSPS) is 16.3. The molecule has 4 rings (SSSR count). The Morgan fingerprint density at radius 1 is 1.00 bits per heavy atom. The molecule has 0 radical (unpaired) electrons. The summed E-state index contributed by atoms with van der Waals surface area (Å²) < 4.78 is 0. The van der Waals surface area contributed by atoms with Crippen LogP contribution in [0.25, 0.3) is 11.1 Å². The van der Waals surface area contributed by atoms with E-state index in [0.29, 0.717) is 31.6 Å². The highest BCUT2D eigenvalue weighted by atomic mass is 16.2. The first-order valence-electron chi connectivity index (χ1n) is 10.4. The summed E-state index contributed by atoms with van der Waals surface area (Å²) in [6.07, 6.45) is 5.72. The van der Waals surface area contributed by atoms with Crippen LogP contribution in [0.5, 0.6) is 0 Å². The number of hydrogen-bond donors (Lipinski definition) is 0. The molecule has 0 spiro atoms. The average Bonchev–Trinajstić information content (AvgIpc) is 2.83. The van der Waals surface area contributed by atoms with E-state index in [9.17, 15) is 9.59 Å². The standard InChI is InChI=1S/C26H25N3O2/c1-2-15-28-16-17-29(25(30)22-8-4-3-5-9-22)24(26(28)31)19-20-7-6-10-23(18-20)21-11-13-27-14-12-21/h2-14,18,24H,1,15-17,19H2/t24-/m0/s1. The van der Waals surface area contributed by atoms with Crippen molar-refractivity contribution in [1.82, 2.24) is 14.8 Å². The van der Waals surface area contributed by atoms with E-state index >= 15 is 0 Å². The van der Waals surface area contributed by atoms with Gasteiger partial charge in [0.15, 0.2) is 0 Å². The Balaban J connectivity index is 1.63. The lowest BCUT2D eigenvalue weighted by molar-refractivity contribution is -0.139. The number of aromatic nitrogens is 1. The van der Waals surface area contributed by atoms with E-state index in [-0.39, 0.29) is 11.8 Å². The van der Waals surface area contributed by atoms with E-state index in [2.05, 4.69) is 17.6 Å². The van der Waals surface area contributed by atoms with Crippen LogP contribution in [0, 0.1) is 0 Å². The lowest BCUT2D eigenvalue weighted by Gasteiger charge is -2.40. The van der Waals surface area contributed by atoms with Crippen molar-refractivity contribution in [2.45, 2.75) is 12.5 Å². The Morgan fingerprint density at radius 2 is 1.77 bits per heavy atom. The predicted octanol–water partition coefficient (Wildman–Crippen LogP) is 3.83. The van der Waals surface area contributed by atoms with E-state index in [4.69, 9.17) is 0 Å².